The molecule has 0 bridgehead atoms. The fourth-order valence-corrected chi connectivity index (χ4v) is 1.97. The SMILES string of the molecule is O=C(COC(=O)c1ccc(O)cc1)Nc1cccc(Br)c1. The fraction of sp³-hybridized carbons (Fsp3) is 0.0667. The Labute approximate surface area is 129 Å². The first kappa shape index (κ1) is 15.1. The molecule has 0 unspecified atom stereocenters. The third-order valence-electron chi connectivity index (χ3n) is 2.55. The number of nitrogens with one attached hydrogen (secondary N) is 1. The minimum Gasteiger partial charge on any atom is -0.508 e. The van der Waals surface area contributed by atoms with Crippen molar-refractivity contribution in [3.05, 3.63) is 58.6 Å². The van der Waals surface area contributed by atoms with Crippen LogP contribution >= 0.6 is 15.9 Å². The Kier molecular flexibility index (Phi) is 4.94. The van der Waals surface area contributed by atoms with E-state index in [9.17, 15) is 9.59 Å². The lowest BCUT2D eigenvalue weighted by Gasteiger charge is -2.07. The van der Waals surface area contributed by atoms with Gasteiger partial charge < -0.3 is 15.2 Å². The highest BCUT2D eigenvalue weighted by molar-refractivity contribution is 9.10. The molecule has 0 spiro atoms. The second-order valence-electron chi connectivity index (χ2n) is 4.18. The molecule has 2 rings (SSSR count). The average molecular weight is 350 g/mol. The molecule has 0 saturated carbocycles. The van der Waals surface area contributed by atoms with E-state index in [4.69, 9.17) is 9.84 Å². The molecule has 0 heterocycles. The molecule has 0 saturated heterocycles. The zero-order valence-electron chi connectivity index (χ0n) is 10.9. The van der Waals surface area contributed by atoms with Gasteiger partial charge in [0.25, 0.3) is 5.91 Å². The molecule has 21 heavy (non-hydrogen) atoms. The summed E-state index contributed by atoms with van der Waals surface area (Å²) >= 11 is 3.29. The number of phenols is 1. The second-order valence-corrected chi connectivity index (χ2v) is 5.10. The van der Waals surface area contributed by atoms with Crippen LogP contribution < -0.4 is 5.32 Å². The van der Waals surface area contributed by atoms with Crippen molar-refractivity contribution in [2.24, 2.45) is 0 Å². The maximum Gasteiger partial charge on any atom is 0.338 e. The topological polar surface area (TPSA) is 75.6 Å². The molecule has 0 fully saturated rings. The van der Waals surface area contributed by atoms with Crippen LogP contribution in [0.2, 0.25) is 0 Å². The number of carbonyl (C=O) groups excluding carboxylic acids is 2. The number of phenolic OH excluding ortho intramolecular Hbond substituents is 1. The second kappa shape index (κ2) is 6.90. The molecule has 0 aromatic heterocycles. The molecule has 108 valence electrons. The van der Waals surface area contributed by atoms with Crippen LogP contribution in [0, 0.1) is 0 Å². The van der Waals surface area contributed by atoms with E-state index in [0.29, 0.717) is 5.69 Å². The summed E-state index contributed by atoms with van der Waals surface area (Å²) in [7, 11) is 0. The third kappa shape index (κ3) is 4.61. The number of ether oxygens (including phenoxy) is 1. The van der Waals surface area contributed by atoms with Crippen LogP contribution in [0.1, 0.15) is 10.4 Å². The van der Waals surface area contributed by atoms with Crippen molar-refractivity contribution < 1.29 is 19.4 Å². The lowest BCUT2D eigenvalue weighted by Crippen LogP contribution is -2.20. The molecule has 0 aliphatic carbocycles. The number of aromatic hydroxyl groups is 1. The summed E-state index contributed by atoms with van der Waals surface area (Å²) < 4.78 is 5.72. The quantitative estimate of drug-likeness (QED) is 0.832. The molecule has 0 atom stereocenters. The molecule has 2 aromatic carbocycles. The van der Waals surface area contributed by atoms with Crippen LogP contribution in [0.15, 0.2) is 53.0 Å². The van der Waals surface area contributed by atoms with Gasteiger partial charge in [0.05, 0.1) is 5.56 Å². The molecular weight excluding hydrogens is 338 g/mol. The van der Waals surface area contributed by atoms with Crippen molar-refractivity contribution in [2.75, 3.05) is 11.9 Å². The third-order valence-corrected chi connectivity index (χ3v) is 3.04. The number of benzene rings is 2. The number of anilines is 1. The highest BCUT2D eigenvalue weighted by Crippen LogP contribution is 2.15. The first-order valence-electron chi connectivity index (χ1n) is 6.06. The number of carbonyl (C=O) groups is 2. The van der Waals surface area contributed by atoms with E-state index in [-0.39, 0.29) is 17.9 Å². The van der Waals surface area contributed by atoms with E-state index in [2.05, 4.69) is 21.2 Å². The van der Waals surface area contributed by atoms with Gasteiger partial charge in [-0.3, -0.25) is 4.79 Å². The highest BCUT2D eigenvalue weighted by atomic mass is 79.9. The van der Waals surface area contributed by atoms with Gasteiger partial charge in [0.1, 0.15) is 5.75 Å². The van der Waals surface area contributed by atoms with E-state index < -0.39 is 11.9 Å². The molecule has 2 aromatic rings. The number of hydrogen-bond donors (Lipinski definition) is 2. The number of esters is 1. The predicted octanol–water partition coefficient (Wildman–Crippen LogP) is 2.95. The molecule has 0 aliphatic rings. The van der Waals surface area contributed by atoms with Gasteiger partial charge >= 0.3 is 5.97 Å². The van der Waals surface area contributed by atoms with E-state index in [0.717, 1.165) is 4.47 Å². The summed E-state index contributed by atoms with van der Waals surface area (Å²) in [6.45, 7) is -0.383. The fourth-order valence-electron chi connectivity index (χ4n) is 1.58. The number of hydrogen-bond acceptors (Lipinski definition) is 4. The summed E-state index contributed by atoms with van der Waals surface area (Å²) in [5.41, 5.74) is 0.873. The lowest BCUT2D eigenvalue weighted by atomic mass is 10.2. The minimum absolute atomic E-state index is 0.0546. The lowest BCUT2D eigenvalue weighted by molar-refractivity contribution is -0.119. The molecule has 6 heteroatoms. The van der Waals surface area contributed by atoms with Gasteiger partial charge in [-0.05, 0) is 42.5 Å². The Bertz CT molecular complexity index is 655. The summed E-state index contributed by atoms with van der Waals surface area (Å²) in [5, 5.41) is 11.7. The van der Waals surface area contributed by atoms with Crippen LogP contribution in [0.4, 0.5) is 5.69 Å². The summed E-state index contributed by atoms with van der Waals surface area (Å²) in [6.07, 6.45) is 0. The average Bonchev–Trinajstić information content (AvgIpc) is 2.45. The normalized spacial score (nSPS) is 9.95. The summed E-state index contributed by atoms with van der Waals surface area (Å²) in [4.78, 5) is 23.3. The zero-order valence-corrected chi connectivity index (χ0v) is 12.5. The smallest absolute Gasteiger partial charge is 0.338 e. The van der Waals surface area contributed by atoms with Gasteiger partial charge in [-0.1, -0.05) is 22.0 Å². The van der Waals surface area contributed by atoms with Crippen LogP contribution in [0.25, 0.3) is 0 Å². The predicted molar refractivity (Wildman–Crippen MR) is 81.2 cm³/mol. The van der Waals surface area contributed by atoms with Gasteiger partial charge in [0.2, 0.25) is 0 Å². The van der Waals surface area contributed by atoms with Crippen molar-refractivity contribution in [3.63, 3.8) is 0 Å². The van der Waals surface area contributed by atoms with Gasteiger partial charge in [0.15, 0.2) is 6.61 Å². The van der Waals surface area contributed by atoms with Crippen LogP contribution in [-0.2, 0) is 9.53 Å². The van der Waals surface area contributed by atoms with Gasteiger partial charge in [-0.15, -0.1) is 0 Å². The van der Waals surface area contributed by atoms with Crippen LogP contribution in [-0.4, -0.2) is 23.6 Å². The van der Waals surface area contributed by atoms with E-state index in [1.165, 1.54) is 24.3 Å². The van der Waals surface area contributed by atoms with E-state index >= 15 is 0 Å². The van der Waals surface area contributed by atoms with E-state index in [1.807, 2.05) is 6.07 Å². The van der Waals surface area contributed by atoms with Crippen LogP contribution in [0.3, 0.4) is 0 Å². The first-order valence-corrected chi connectivity index (χ1v) is 6.85. The summed E-state index contributed by atoms with van der Waals surface area (Å²) in [6, 6.07) is 12.7. The molecule has 0 aliphatic heterocycles. The Balaban J connectivity index is 1.86. The van der Waals surface area contributed by atoms with Gasteiger partial charge in [0, 0.05) is 10.2 Å². The van der Waals surface area contributed by atoms with Gasteiger partial charge in [-0.2, -0.15) is 0 Å². The highest BCUT2D eigenvalue weighted by Gasteiger charge is 2.10. The molecule has 5 nitrogen and oxygen atoms in total. The minimum atomic E-state index is -0.626. The van der Waals surface area contributed by atoms with Crippen molar-refractivity contribution in [2.45, 2.75) is 0 Å². The largest absolute Gasteiger partial charge is 0.508 e. The van der Waals surface area contributed by atoms with Crippen molar-refractivity contribution >= 4 is 33.5 Å². The van der Waals surface area contributed by atoms with Crippen molar-refractivity contribution in [1.82, 2.24) is 0 Å². The molecule has 1 amide bonds. The maximum atomic E-state index is 11.7. The van der Waals surface area contributed by atoms with Gasteiger partial charge in [-0.25, -0.2) is 4.79 Å². The summed E-state index contributed by atoms with van der Waals surface area (Å²) in [5.74, 6) is -1.00. The first-order chi connectivity index (χ1) is 10.0. The Hall–Kier alpha value is -2.34. The Morgan fingerprint density at radius 3 is 2.52 bits per heavy atom. The molecule has 2 N–H and O–H groups in total. The number of rotatable bonds is 4. The van der Waals surface area contributed by atoms with Crippen molar-refractivity contribution in [3.8, 4) is 5.75 Å². The number of halogens is 1. The number of amides is 1. The monoisotopic (exact) mass is 349 g/mol. The maximum absolute atomic E-state index is 11.7. The standard InChI is InChI=1S/C15H12BrNO4/c16-11-2-1-3-12(8-11)17-14(19)9-21-15(20)10-4-6-13(18)7-5-10/h1-8,18H,9H2,(H,17,19). The van der Waals surface area contributed by atoms with Crippen molar-refractivity contribution in [1.29, 1.82) is 0 Å². The van der Waals surface area contributed by atoms with Crippen LogP contribution in [0.5, 0.6) is 5.75 Å². The Morgan fingerprint density at radius 1 is 1.14 bits per heavy atom. The molecule has 0 radical (unpaired) electrons. The zero-order chi connectivity index (χ0) is 15.2. The Morgan fingerprint density at radius 2 is 1.86 bits per heavy atom. The van der Waals surface area contributed by atoms with E-state index in [1.54, 1.807) is 18.2 Å². The molecular formula is C15H12BrNO4.